The molecule has 0 aromatic heterocycles. The van der Waals surface area contributed by atoms with Gasteiger partial charge in [0.2, 0.25) is 5.91 Å². The molecule has 0 aromatic carbocycles. The molecule has 0 bridgehead atoms. The van der Waals surface area contributed by atoms with E-state index in [1.165, 1.54) is 12.8 Å². The highest BCUT2D eigenvalue weighted by molar-refractivity contribution is 5.82. The van der Waals surface area contributed by atoms with Gasteiger partial charge >= 0.3 is 6.09 Å². The summed E-state index contributed by atoms with van der Waals surface area (Å²) in [6.45, 7) is 8.10. The molecule has 5 nitrogen and oxygen atoms in total. The molecule has 0 aliphatic carbocycles. The fourth-order valence-electron chi connectivity index (χ4n) is 1.31. The van der Waals surface area contributed by atoms with Gasteiger partial charge in [-0.15, -0.1) is 0 Å². The summed E-state index contributed by atoms with van der Waals surface area (Å²) in [6.07, 6.45) is 3.89. The van der Waals surface area contributed by atoms with Crippen LogP contribution in [-0.2, 0) is 9.53 Å². The molecule has 2 amide bonds. The van der Waals surface area contributed by atoms with Crippen molar-refractivity contribution >= 4 is 12.0 Å². The van der Waals surface area contributed by atoms with E-state index < -0.39 is 11.7 Å². The van der Waals surface area contributed by atoms with Crippen LogP contribution in [0.2, 0.25) is 0 Å². The van der Waals surface area contributed by atoms with Crippen molar-refractivity contribution in [1.82, 2.24) is 10.6 Å². The van der Waals surface area contributed by atoms with Gasteiger partial charge in [-0.3, -0.25) is 4.79 Å². The Hall–Kier alpha value is -1.26. The van der Waals surface area contributed by atoms with Gasteiger partial charge in [0.15, 0.2) is 0 Å². The van der Waals surface area contributed by atoms with Crippen LogP contribution in [0.5, 0.6) is 0 Å². The Kier molecular flexibility index (Phi) is 8.16. The molecule has 0 aromatic rings. The molecule has 0 aliphatic heterocycles. The van der Waals surface area contributed by atoms with Gasteiger partial charge in [0.25, 0.3) is 0 Å². The standard InChI is InChI=1S/C13H26N2O3/c1-5-6-7-8-9-14-11(16)10-15-12(17)18-13(2,3)4/h5-10H2,1-4H3,(H,14,16)(H,15,17). The maximum Gasteiger partial charge on any atom is 0.408 e. The minimum atomic E-state index is -0.566. The molecule has 2 N–H and O–H groups in total. The number of alkyl carbamates (subject to hydrolysis) is 1. The predicted octanol–water partition coefficient (Wildman–Crippen LogP) is 2.21. The van der Waals surface area contributed by atoms with Gasteiger partial charge < -0.3 is 15.4 Å². The number of hydrogen-bond acceptors (Lipinski definition) is 3. The fraction of sp³-hybridized carbons (Fsp3) is 0.846. The highest BCUT2D eigenvalue weighted by atomic mass is 16.6. The van der Waals surface area contributed by atoms with E-state index in [2.05, 4.69) is 17.6 Å². The number of amides is 2. The van der Waals surface area contributed by atoms with E-state index in [9.17, 15) is 9.59 Å². The van der Waals surface area contributed by atoms with Crippen LogP contribution < -0.4 is 10.6 Å². The van der Waals surface area contributed by atoms with Crippen LogP contribution in [0.3, 0.4) is 0 Å². The van der Waals surface area contributed by atoms with Crippen LogP contribution in [0.25, 0.3) is 0 Å². The first-order chi connectivity index (χ1) is 8.35. The Morgan fingerprint density at radius 1 is 1.06 bits per heavy atom. The summed E-state index contributed by atoms with van der Waals surface area (Å²) >= 11 is 0. The Balaban J connectivity index is 3.55. The molecular formula is C13H26N2O3. The summed E-state index contributed by atoms with van der Waals surface area (Å²) in [5.74, 6) is -0.183. The van der Waals surface area contributed by atoms with Crippen LogP contribution in [0.15, 0.2) is 0 Å². The highest BCUT2D eigenvalue weighted by Crippen LogP contribution is 2.06. The average Bonchev–Trinajstić information content (AvgIpc) is 2.24. The van der Waals surface area contributed by atoms with E-state index >= 15 is 0 Å². The zero-order valence-corrected chi connectivity index (χ0v) is 12.0. The maximum absolute atomic E-state index is 11.4. The summed E-state index contributed by atoms with van der Waals surface area (Å²) in [5.41, 5.74) is -0.541. The lowest BCUT2D eigenvalue weighted by Gasteiger charge is -2.19. The minimum absolute atomic E-state index is 0.0390. The van der Waals surface area contributed by atoms with Crippen molar-refractivity contribution in [1.29, 1.82) is 0 Å². The van der Waals surface area contributed by atoms with Crippen LogP contribution in [0, 0.1) is 0 Å². The van der Waals surface area contributed by atoms with Crippen molar-refractivity contribution in [3.63, 3.8) is 0 Å². The molecule has 0 heterocycles. The van der Waals surface area contributed by atoms with Crippen LogP contribution in [0.1, 0.15) is 53.4 Å². The van der Waals surface area contributed by atoms with Crippen LogP contribution >= 0.6 is 0 Å². The largest absolute Gasteiger partial charge is 0.444 e. The van der Waals surface area contributed by atoms with E-state index in [4.69, 9.17) is 4.74 Å². The summed E-state index contributed by atoms with van der Waals surface area (Å²) in [6, 6.07) is 0. The Morgan fingerprint density at radius 3 is 2.28 bits per heavy atom. The molecule has 106 valence electrons. The molecule has 0 rings (SSSR count). The highest BCUT2D eigenvalue weighted by Gasteiger charge is 2.16. The number of rotatable bonds is 7. The first-order valence-electron chi connectivity index (χ1n) is 6.58. The van der Waals surface area contributed by atoms with E-state index in [0.29, 0.717) is 6.54 Å². The van der Waals surface area contributed by atoms with Gasteiger partial charge in [0.1, 0.15) is 5.60 Å². The van der Waals surface area contributed by atoms with Crippen molar-refractivity contribution in [2.75, 3.05) is 13.1 Å². The second kappa shape index (κ2) is 8.78. The van der Waals surface area contributed by atoms with Gasteiger partial charge in [0.05, 0.1) is 6.54 Å². The van der Waals surface area contributed by atoms with E-state index in [1.807, 2.05) is 0 Å². The number of carbonyl (C=O) groups is 2. The second-order valence-electron chi connectivity index (χ2n) is 5.27. The van der Waals surface area contributed by atoms with Gasteiger partial charge in [-0.1, -0.05) is 26.2 Å². The quantitative estimate of drug-likeness (QED) is 0.688. The smallest absolute Gasteiger partial charge is 0.408 e. The third-order valence-corrected chi connectivity index (χ3v) is 2.14. The van der Waals surface area contributed by atoms with Crippen molar-refractivity contribution in [2.45, 2.75) is 59.0 Å². The summed E-state index contributed by atoms with van der Waals surface area (Å²) in [7, 11) is 0. The third kappa shape index (κ3) is 11.2. The number of ether oxygens (including phenoxy) is 1. The molecule has 0 radical (unpaired) electrons. The molecule has 0 spiro atoms. The molecule has 0 saturated carbocycles. The monoisotopic (exact) mass is 258 g/mol. The Bertz CT molecular complexity index is 259. The van der Waals surface area contributed by atoms with Gasteiger partial charge in [0, 0.05) is 6.54 Å². The number of hydrogen-bond donors (Lipinski definition) is 2. The number of unbranched alkanes of at least 4 members (excludes halogenated alkanes) is 3. The topological polar surface area (TPSA) is 67.4 Å². The van der Waals surface area contributed by atoms with Gasteiger partial charge in [-0.05, 0) is 27.2 Å². The normalized spacial score (nSPS) is 10.9. The zero-order chi connectivity index (χ0) is 14.0. The van der Waals surface area contributed by atoms with Crippen LogP contribution in [-0.4, -0.2) is 30.7 Å². The van der Waals surface area contributed by atoms with E-state index in [-0.39, 0.29) is 12.5 Å². The number of carbonyl (C=O) groups excluding carboxylic acids is 2. The average molecular weight is 258 g/mol. The second-order valence-corrected chi connectivity index (χ2v) is 5.27. The Morgan fingerprint density at radius 2 is 1.72 bits per heavy atom. The predicted molar refractivity (Wildman–Crippen MR) is 71.4 cm³/mol. The molecule has 0 saturated heterocycles. The van der Waals surface area contributed by atoms with E-state index in [0.717, 1.165) is 12.8 Å². The maximum atomic E-state index is 11.4. The minimum Gasteiger partial charge on any atom is -0.444 e. The summed E-state index contributed by atoms with van der Waals surface area (Å²) < 4.78 is 5.02. The Labute approximate surface area is 110 Å². The van der Waals surface area contributed by atoms with Crippen molar-refractivity contribution in [2.24, 2.45) is 0 Å². The molecule has 18 heavy (non-hydrogen) atoms. The van der Waals surface area contributed by atoms with Crippen molar-refractivity contribution < 1.29 is 14.3 Å². The lowest BCUT2D eigenvalue weighted by atomic mass is 10.2. The lowest BCUT2D eigenvalue weighted by molar-refractivity contribution is -0.120. The molecule has 5 heteroatoms. The fourth-order valence-corrected chi connectivity index (χ4v) is 1.31. The first kappa shape index (κ1) is 16.7. The molecule has 0 atom stereocenters. The van der Waals surface area contributed by atoms with Gasteiger partial charge in [-0.2, -0.15) is 0 Å². The SMILES string of the molecule is CCCCCCNC(=O)CNC(=O)OC(C)(C)C. The number of nitrogens with one attached hydrogen (secondary N) is 2. The summed E-state index contributed by atoms with van der Waals surface area (Å²) in [4.78, 5) is 22.6. The lowest BCUT2D eigenvalue weighted by Crippen LogP contribution is -2.39. The summed E-state index contributed by atoms with van der Waals surface area (Å²) in [5, 5.41) is 5.17. The molecule has 0 aliphatic rings. The van der Waals surface area contributed by atoms with E-state index in [1.54, 1.807) is 20.8 Å². The van der Waals surface area contributed by atoms with Crippen molar-refractivity contribution in [3.8, 4) is 0 Å². The molecule has 0 fully saturated rings. The molecule has 0 unspecified atom stereocenters. The molecular weight excluding hydrogens is 232 g/mol. The van der Waals surface area contributed by atoms with Crippen LogP contribution in [0.4, 0.5) is 4.79 Å². The first-order valence-corrected chi connectivity index (χ1v) is 6.58. The van der Waals surface area contributed by atoms with Crippen molar-refractivity contribution in [3.05, 3.63) is 0 Å². The third-order valence-electron chi connectivity index (χ3n) is 2.14. The zero-order valence-electron chi connectivity index (χ0n) is 12.0. The van der Waals surface area contributed by atoms with Gasteiger partial charge in [-0.25, -0.2) is 4.79 Å².